The topological polar surface area (TPSA) is 36.5 Å². The molecule has 1 fully saturated rings. The van der Waals surface area contributed by atoms with Crippen LogP contribution in [0.5, 0.6) is 0 Å². The third-order valence-corrected chi connectivity index (χ3v) is 4.75. The fourth-order valence-electron chi connectivity index (χ4n) is 3.46. The minimum Gasteiger partial charge on any atom is -0.385 e. The van der Waals surface area contributed by atoms with Crippen molar-refractivity contribution in [2.75, 3.05) is 25.3 Å². The van der Waals surface area contributed by atoms with Crippen molar-refractivity contribution in [1.29, 1.82) is 0 Å². The molecule has 1 saturated carbocycles. The van der Waals surface area contributed by atoms with E-state index in [9.17, 15) is 0 Å². The molecule has 1 heterocycles. The SMILES string of the molecule is COCCCN1NC(C)c2c(C)cc(C(C)NC3CC3)cc21. The molecular weight excluding hydrogens is 274 g/mol. The number of fused-ring (bicyclic) bond motifs is 1. The van der Waals surface area contributed by atoms with Gasteiger partial charge < -0.3 is 15.1 Å². The number of methoxy groups -OCH3 is 1. The van der Waals surface area contributed by atoms with E-state index < -0.39 is 0 Å². The van der Waals surface area contributed by atoms with Crippen molar-refractivity contribution in [3.05, 3.63) is 28.8 Å². The number of hydrogen-bond acceptors (Lipinski definition) is 4. The molecule has 4 heteroatoms. The van der Waals surface area contributed by atoms with Gasteiger partial charge in [0.05, 0.1) is 11.7 Å². The Balaban J connectivity index is 1.81. The first kappa shape index (κ1) is 15.8. The number of aryl methyl sites for hydroxylation is 1. The fourth-order valence-corrected chi connectivity index (χ4v) is 3.46. The van der Waals surface area contributed by atoms with Gasteiger partial charge in [-0.05, 0) is 62.8 Å². The molecule has 0 spiro atoms. The van der Waals surface area contributed by atoms with Gasteiger partial charge in [0, 0.05) is 32.3 Å². The zero-order valence-corrected chi connectivity index (χ0v) is 14.3. The van der Waals surface area contributed by atoms with Gasteiger partial charge in [-0.2, -0.15) is 0 Å². The zero-order chi connectivity index (χ0) is 15.7. The number of rotatable bonds is 7. The number of nitrogens with zero attached hydrogens (tertiary/aromatic N) is 1. The van der Waals surface area contributed by atoms with E-state index in [4.69, 9.17) is 4.74 Å². The molecule has 1 aromatic rings. The molecule has 22 heavy (non-hydrogen) atoms. The molecule has 122 valence electrons. The summed E-state index contributed by atoms with van der Waals surface area (Å²) in [5.41, 5.74) is 9.18. The molecule has 1 aliphatic heterocycles. The first-order chi connectivity index (χ1) is 10.6. The lowest BCUT2D eigenvalue weighted by Crippen LogP contribution is -2.35. The fraction of sp³-hybridized carbons (Fsp3) is 0.667. The van der Waals surface area contributed by atoms with E-state index in [-0.39, 0.29) is 0 Å². The van der Waals surface area contributed by atoms with E-state index in [1.165, 1.54) is 35.2 Å². The predicted octanol–water partition coefficient (Wildman–Crippen LogP) is 3.23. The lowest BCUT2D eigenvalue weighted by Gasteiger charge is -2.22. The van der Waals surface area contributed by atoms with Crippen LogP contribution in [0, 0.1) is 6.92 Å². The van der Waals surface area contributed by atoms with Crippen LogP contribution in [0.4, 0.5) is 5.69 Å². The average molecular weight is 303 g/mol. The maximum atomic E-state index is 5.19. The number of anilines is 1. The van der Waals surface area contributed by atoms with Gasteiger partial charge in [0.1, 0.15) is 0 Å². The van der Waals surface area contributed by atoms with Gasteiger partial charge in [0.2, 0.25) is 0 Å². The van der Waals surface area contributed by atoms with Crippen LogP contribution in [-0.4, -0.2) is 26.3 Å². The molecule has 3 rings (SSSR count). The van der Waals surface area contributed by atoms with Gasteiger partial charge in [-0.1, -0.05) is 6.07 Å². The lowest BCUT2D eigenvalue weighted by molar-refractivity contribution is 0.195. The van der Waals surface area contributed by atoms with Crippen LogP contribution in [0.3, 0.4) is 0 Å². The highest BCUT2D eigenvalue weighted by Gasteiger charge is 2.29. The van der Waals surface area contributed by atoms with Crippen molar-refractivity contribution in [3.8, 4) is 0 Å². The molecule has 0 radical (unpaired) electrons. The van der Waals surface area contributed by atoms with E-state index in [0.29, 0.717) is 12.1 Å². The molecule has 1 aromatic carbocycles. The van der Waals surface area contributed by atoms with E-state index >= 15 is 0 Å². The zero-order valence-electron chi connectivity index (χ0n) is 14.3. The summed E-state index contributed by atoms with van der Waals surface area (Å²) in [5.74, 6) is 0. The number of hydrogen-bond donors (Lipinski definition) is 2. The van der Waals surface area contributed by atoms with Gasteiger partial charge >= 0.3 is 0 Å². The van der Waals surface area contributed by atoms with Crippen LogP contribution in [0.15, 0.2) is 12.1 Å². The Labute approximate surface area is 134 Å². The minimum atomic E-state index is 0.387. The molecule has 2 unspecified atom stereocenters. The van der Waals surface area contributed by atoms with E-state index in [1.54, 1.807) is 7.11 Å². The molecule has 2 aliphatic rings. The van der Waals surface area contributed by atoms with Crippen LogP contribution in [0.1, 0.15) is 61.9 Å². The molecule has 2 N–H and O–H groups in total. The molecule has 0 bridgehead atoms. The minimum absolute atomic E-state index is 0.387. The number of nitrogens with one attached hydrogen (secondary N) is 2. The Morgan fingerprint density at radius 1 is 1.41 bits per heavy atom. The summed E-state index contributed by atoms with van der Waals surface area (Å²) in [6.45, 7) is 8.55. The molecule has 0 amide bonds. The Bertz CT molecular complexity index is 527. The second-order valence-electron chi connectivity index (χ2n) is 6.78. The maximum Gasteiger partial charge on any atom is 0.0574 e. The monoisotopic (exact) mass is 303 g/mol. The third kappa shape index (κ3) is 3.29. The second kappa shape index (κ2) is 6.57. The lowest BCUT2D eigenvalue weighted by atomic mass is 9.96. The normalized spacial score (nSPS) is 22.0. The molecular formula is C18H29N3O. The first-order valence-electron chi connectivity index (χ1n) is 8.53. The first-order valence-corrected chi connectivity index (χ1v) is 8.53. The van der Waals surface area contributed by atoms with E-state index in [0.717, 1.165) is 25.6 Å². The van der Waals surface area contributed by atoms with Crippen molar-refractivity contribution in [1.82, 2.24) is 10.7 Å². The largest absolute Gasteiger partial charge is 0.385 e. The van der Waals surface area contributed by atoms with Gasteiger partial charge in [-0.25, -0.2) is 5.43 Å². The Morgan fingerprint density at radius 2 is 2.18 bits per heavy atom. The molecule has 4 nitrogen and oxygen atoms in total. The Morgan fingerprint density at radius 3 is 2.86 bits per heavy atom. The predicted molar refractivity (Wildman–Crippen MR) is 91.1 cm³/mol. The summed E-state index contributed by atoms with van der Waals surface area (Å²) in [4.78, 5) is 0. The summed E-state index contributed by atoms with van der Waals surface area (Å²) < 4.78 is 5.19. The summed E-state index contributed by atoms with van der Waals surface area (Å²) in [7, 11) is 1.77. The van der Waals surface area contributed by atoms with E-state index in [2.05, 4.69) is 48.7 Å². The van der Waals surface area contributed by atoms with Crippen LogP contribution < -0.4 is 15.8 Å². The van der Waals surface area contributed by atoms with Crippen molar-refractivity contribution in [2.45, 2.75) is 58.2 Å². The van der Waals surface area contributed by atoms with E-state index in [1.807, 2.05) is 0 Å². The maximum absolute atomic E-state index is 5.19. The van der Waals surface area contributed by atoms with Crippen molar-refractivity contribution in [2.24, 2.45) is 0 Å². The Kier molecular flexibility index (Phi) is 4.71. The molecule has 0 saturated heterocycles. The third-order valence-electron chi connectivity index (χ3n) is 4.75. The average Bonchev–Trinajstić information content (AvgIpc) is 3.23. The van der Waals surface area contributed by atoms with Crippen molar-refractivity contribution in [3.63, 3.8) is 0 Å². The number of ether oxygens (including phenoxy) is 1. The highest BCUT2D eigenvalue weighted by molar-refractivity contribution is 5.63. The van der Waals surface area contributed by atoms with Crippen LogP contribution in [-0.2, 0) is 4.74 Å². The van der Waals surface area contributed by atoms with Gasteiger partial charge in [0.25, 0.3) is 0 Å². The number of benzene rings is 1. The Hall–Kier alpha value is -1.10. The summed E-state index contributed by atoms with van der Waals surface area (Å²) in [5, 5.41) is 6.01. The molecule has 0 aromatic heterocycles. The quantitative estimate of drug-likeness (QED) is 0.758. The summed E-state index contributed by atoms with van der Waals surface area (Å²) in [6.07, 6.45) is 3.70. The molecule has 2 atom stereocenters. The van der Waals surface area contributed by atoms with Crippen LogP contribution in [0.25, 0.3) is 0 Å². The van der Waals surface area contributed by atoms with Crippen LogP contribution >= 0.6 is 0 Å². The molecule has 1 aliphatic carbocycles. The van der Waals surface area contributed by atoms with Gasteiger partial charge in [-0.3, -0.25) is 0 Å². The smallest absolute Gasteiger partial charge is 0.0574 e. The van der Waals surface area contributed by atoms with Crippen LogP contribution in [0.2, 0.25) is 0 Å². The summed E-state index contributed by atoms with van der Waals surface area (Å²) in [6, 6.07) is 6.27. The van der Waals surface area contributed by atoms with Gasteiger partial charge in [0.15, 0.2) is 0 Å². The standard InChI is InChI=1S/C18H29N3O/c1-12-10-15(13(2)19-16-6-7-16)11-17-18(12)14(3)20-21(17)8-5-9-22-4/h10-11,13-14,16,19-20H,5-9H2,1-4H3. The number of hydrazine groups is 1. The van der Waals surface area contributed by atoms with Gasteiger partial charge in [-0.15, -0.1) is 0 Å². The van der Waals surface area contributed by atoms with Crippen molar-refractivity contribution >= 4 is 5.69 Å². The van der Waals surface area contributed by atoms with Crippen molar-refractivity contribution < 1.29 is 4.74 Å². The summed E-state index contributed by atoms with van der Waals surface area (Å²) >= 11 is 0. The second-order valence-corrected chi connectivity index (χ2v) is 6.78. The highest BCUT2D eigenvalue weighted by Crippen LogP contribution is 2.37. The highest BCUT2D eigenvalue weighted by atomic mass is 16.5.